The maximum absolute atomic E-state index is 13.7. The number of aromatic nitrogens is 2. The van der Waals surface area contributed by atoms with Gasteiger partial charge in [-0.1, -0.05) is 51.1 Å². The molecule has 0 bridgehead atoms. The molecule has 1 saturated heterocycles. The quantitative estimate of drug-likeness (QED) is 0.604. The van der Waals surface area contributed by atoms with Crippen LogP contribution in [0.15, 0.2) is 48.5 Å². The fourth-order valence-corrected chi connectivity index (χ4v) is 4.13. The van der Waals surface area contributed by atoms with E-state index in [1.807, 2.05) is 12.1 Å². The van der Waals surface area contributed by atoms with Gasteiger partial charge in [-0.25, -0.2) is 13.2 Å². The molecule has 1 aliphatic heterocycles. The van der Waals surface area contributed by atoms with Crippen molar-refractivity contribution in [1.29, 1.82) is 0 Å². The molecule has 2 aromatic carbocycles. The summed E-state index contributed by atoms with van der Waals surface area (Å²) < 4.78 is 42.3. The lowest BCUT2D eigenvalue weighted by Crippen LogP contribution is -2.54. The minimum Gasteiger partial charge on any atom is -0.338 e. The summed E-state index contributed by atoms with van der Waals surface area (Å²) >= 11 is 0. The number of hydrogen-bond acceptors (Lipinski definition) is 3. The number of alkyl halides is 2. The van der Waals surface area contributed by atoms with Crippen LogP contribution in [-0.4, -0.2) is 51.5 Å². The lowest BCUT2D eigenvalue weighted by atomic mass is 9.85. The van der Waals surface area contributed by atoms with Gasteiger partial charge in [-0.3, -0.25) is 14.3 Å². The normalized spacial score (nSPS) is 16.6. The first-order valence-electron chi connectivity index (χ1n) is 11.1. The van der Waals surface area contributed by atoms with Crippen molar-refractivity contribution in [1.82, 2.24) is 20.0 Å². The van der Waals surface area contributed by atoms with E-state index < -0.39 is 35.7 Å². The van der Waals surface area contributed by atoms with E-state index in [2.05, 4.69) is 10.4 Å². The first-order chi connectivity index (χ1) is 15.9. The summed E-state index contributed by atoms with van der Waals surface area (Å²) in [5, 5.41) is 7.83. The first-order valence-corrected chi connectivity index (χ1v) is 11.1. The van der Waals surface area contributed by atoms with Crippen molar-refractivity contribution in [2.75, 3.05) is 13.1 Å². The molecule has 1 aliphatic rings. The second-order valence-electron chi connectivity index (χ2n) is 9.79. The molecule has 180 valence electrons. The number of carbonyl (C=O) groups is 2. The lowest BCUT2D eigenvalue weighted by molar-refractivity contribution is -0.136. The van der Waals surface area contributed by atoms with Gasteiger partial charge in [-0.05, 0) is 29.2 Å². The minimum atomic E-state index is -2.92. The smallest absolute Gasteiger partial charge is 0.273 e. The number of nitrogens with zero attached hydrogens (tertiary/aromatic N) is 3. The molecule has 0 aliphatic carbocycles. The number of nitrogens with one attached hydrogen (secondary N) is 1. The van der Waals surface area contributed by atoms with Gasteiger partial charge < -0.3 is 10.2 Å². The zero-order valence-corrected chi connectivity index (χ0v) is 19.3. The van der Waals surface area contributed by atoms with Crippen LogP contribution in [-0.2, 0) is 11.3 Å². The van der Waals surface area contributed by atoms with Gasteiger partial charge in [-0.15, -0.1) is 0 Å². The number of hydrogen-bond donors (Lipinski definition) is 1. The summed E-state index contributed by atoms with van der Waals surface area (Å²) in [6.07, 6.45) is -0.387. The first kappa shape index (κ1) is 23.8. The minimum absolute atomic E-state index is 0.0521. The largest absolute Gasteiger partial charge is 0.338 e. The van der Waals surface area contributed by atoms with E-state index in [9.17, 15) is 22.8 Å². The lowest BCUT2D eigenvalue weighted by Gasteiger charge is -2.33. The average Bonchev–Trinajstić information content (AvgIpc) is 3.32. The fraction of sp³-hybridized carbons (Fsp3) is 0.400. The summed E-state index contributed by atoms with van der Waals surface area (Å²) in [5.41, 5.74) is 0.928. The molecule has 1 aromatic heterocycles. The van der Waals surface area contributed by atoms with Crippen molar-refractivity contribution in [3.63, 3.8) is 0 Å². The van der Waals surface area contributed by atoms with Crippen LogP contribution in [0.5, 0.6) is 0 Å². The number of benzene rings is 2. The second kappa shape index (κ2) is 8.77. The number of para-hydroxylation sites is 1. The summed E-state index contributed by atoms with van der Waals surface area (Å²) in [4.78, 5) is 27.5. The molecule has 1 unspecified atom stereocenters. The molecule has 9 heteroatoms. The monoisotopic (exact) mass is 472 g/mol. The van der Waals surface area contributed by atoms with Gasteiger partial charge in [0, 0.05) is 18.4 Å². The fourth-order valence-electron chi connectivity index (χ4n) is 4.13. The summed E-state index contributed by atoms with van der Waals surface area (Å²) in [6.45, 7) is 4.94. The Labute approximate surface area is 195 Å². The van der Waals surface area contributed by atoms with Crippen LogP contribution in [0.2, 0.25) is 0 Å². The van der Waals surface area contributed by atoms with E-state index in [0.29, 0.717) is 17.4 Å². The molecule has 3 aromatic rings. The Bertz CT molecular complexity index is 1220. The molecule has 1 N–H and O–H groups in total. The third-order valence-electron chi connectivity index (χ3n) is 5.99. The van der Waals surface area contributed by atoms with Crippen LogP contribution in [0.1, 0.15) is 43.2 Å². The Morgan fingerprint density at radius 2 is 1.79 bits per heavy atom. The van der Waals surface area contributed by atoms with Gasteiger partial charge in [0.2, 0.25) is 5.91 Å². The molecule has 0 radical (unpaired) electrons. The van der Waals surface area contributed by atoms with Gasteiger partial charge in [0.25, 0.3) is 11.8 Å². The molecule has 1 atom stereocenters. The van der Waals surface area contributed by atoms with Gasteiger partial charge in [0.15, 0.2) is 5.69 Å². The molecule has 6 nitrogen and oxygen atoms in total. The Balaban J connectivity index is 1.62. The van der Waals surface area contributed by atoms with Gasteiger partial charge in [-0.2, -0.15) is 5.10 Å². The Kier molecular flexibility index (Phi) is 6.14. The van der Waals surface area contributed by atoms with Crippen LogP contribution in [0.4, 0.5) is 13.2 Å². The van der Waals surface area contributed by atoms with E-state index in [1.165, 1.54) is 12.1 Å². The van der Waals surface area contributed by atoms with E-state index in [4.69, 9.17) is 0 Å². The molecule has 0 spiro atoms. The van der Waals surface area contributed by atoms with Crippen LogP contribution in [0.25, 0.3) is 10.9 Å². The zero-order chi connectivity index (χ0) is 24.7. The highest BCUT2D eigenvalue weighted by molar-refractivity contribution is 6.06. The molecule has 4 rings (SSSR count). The van der Waals surface area contributed by atoms with Crippen LogP contribution < -0.4 is 5.32 Å². The molecule has 34 heavy (non-hydrogen) atoms. The maximum atomic E-state index is 13.7. The Morgan fingerprint density at radius 1 is 1.12 bits per heavy atom. The van der Waals surface area contributed by atoms with E-state index in [-0.39, 0.29) is 24.5 Å². The number of halogens is 3. The third-order valence-corrected chi connectivity index (χ3v) is 5.99. The zero-order valence-electron chi connectivity index (χ0n) is 19.3. The number of likely N-dealkylation sites (tertiary alicyclic amines) is 1. The van der Waals surface area contributed by atoms with Crippen LogP contribution in [0, 0.1) is 11.2 Å². The van der Waals surface area contributed by atoms with E-state index >= 15 is 0 Å². The molecule has 0 saturated carbocycles. The highest BCUT2D eigenvalue weighted by Crippen LogP contribution is 2.30. The predicted octanol–water partition coefficient (Wildman–Crippen LogP) is 4.24. The highest BCUT2D eigenvalue weighted by atomic mass is 19.3. The van der Waals surface area contributed by atoms with Crippen molar-refractivity contribution in [2.24, 2.45) is 5.41 Å². The van der Waals surface area contributed by atoms with Gasteiger partial charge in [0.05, 0.1) is 18.6 Å². The average molecular weight is 473 g/mol. The summed E-state index contributed by atoms with van der Waals surface area (Å²) in [5.74, 6) is -4.36. The van der Waals surface area contributed by atoms with Crippen molar-refractivity contribution in [3.05, 3.63) is 65.6 Å². The number of rotatable bonds is 5. The third kappa shape index (κ3) is 4.93. The van der Waals surface area contributed by atoms with Crippen molar-refractivity contribution < 1.29 is 22.8 Å². The summed E-state index contributed by atoms with van der Waals surface area (Å²) in [6, 6.07) is 12.2. The highest BCUT2D eigenvalue weighted by Gasteiger charge is 2.44. The Morgan fingerprint density at radius 3 is 2.41 bits per heavy atom. The molecule has 2 amide bonds. The standard InChI is InChI=1S/C25H27F3N4O2/c1-24(2,3)21(23(34)31-13-12-25(27,28)15-31)29-22(33)20-18-6-4-5-7-19(18)32(30-20)14-16-8-10-17(26)11-9-16/h4-11,21H,12-15H2,1-3H3,(H,29,33). The number of amides is 2. The van der Waals surface area contributed by atoms with Gasteiger partial charge in [0.1, 0.15) is 11.9 Å². The predicted molar refractivity (Wildman–Crippen MR) is 122 cm³/mol. The molecular weight excluding hydrogens is 445 g/mol. The molecule has 2 heterocycles. The maximum Gasteiger partial charge on any atom is 0.273 e. The topological polar surface area (TPSA) is 67.2 Å². The molecule has 1 fully saturated rings. The second-order valence-corrected chi connectivity index (χ2v) is 9.79. The number of fused-ring (bicyclic) bond motifs is 1. The number of carbonyl (C=O) groups excluding carboxylic acids is 2. The van der Waals surface area contributed by atoms with E-state index in [1.54, 1.807) is 49.7 Å². The SMILES string of the molecule is CC(C)(C)C(NC(=O)c1nn(Cc2ccc(F)cc2)c2ccccc12)C(=O)N1CCC(F)(F)C1. The van der Waals surface area contributed by atoms with Crippen molar-refractivity contribution >= 4 is 22.7 Å². The Hall–Kier alpha value is -3.36. The van der Waals surface area contributed by atoms with Crippen LogP contribution in [0.3, 0.4) is 0 Å². The van der Waals surface area contributed by atoms with Crippen LogP contribution >= 0.6 is 0 Å². The van der Waals surface area contributed by atoms with Gasteiger partial charge >= 0.3 is 0 Å². The molecular formula is C25H27F3N4O2. The van der Waals surface area contributed by atoms with Crippen molar-refractivity contribution in [2.45, 2.75) is 45.7 Å². The summed E-state index contributed by atoms with van der Waals surface area (Å²) in [7, 11) is 0. The van der Waals surface area contributed by atoms with E-state index in [0.717, 1.165) is 10.5 Å². The van der Waals surface area contributed by atoms with Crippen molar-refractivity contribution in [3.8, 4) is 0 Å².